The van der Waals surface area contributed by atoms with Gasteiger partial charge in [-0.15, -0.1) is 0 Å². The number of halogens is 2. The predicted octanol–water partition coefficient (Wildman–Crippen LogP) is 4.45. The fourth-order valence-electron chi connectivity index (χ4n) is 2.76. The first kappa shape index (κ1) is 21.8. The number of amides is 4. The molecule has 0 unspecified atom stereocenters. The highest BCUT2D eigenvalue weighted by molar-refractivity contribution is 9.11. The van der Waals surface area contributed by atoms with Gasteiger partial charge in [0.15, 0.2) is 0 Å². The monoisotopic (exact) mass is 534 g/mol. The standard InChI is InChI=1S/C21H16Br2N2O5/c1-3-8-30-18-12(9-13(22)11-17(18)23)10-16-19(26)24-21(28)25(20(16)27)14-4-6-15(29-2)7-5-14/h3-7,9-11H,1,8H2,2H3,(H,24,26,28)/b16-10+. The molecule has 2 aromatic rings. The second kappa shape index (κ2) is 9.27. The summed E-state index contributed by atoms with van der Waals surface area (Å²) in [5, 5.41) is 2.20. The quantitative estimate of drug-likeness (QED) is 0.335. The van der Waals surface area contributed by atoms with E-state index < -0.39 is 17.8 Å². The minimum absolute atomic E-state index is 0.209. The van der Waals surface area contributed by atoms with E-state index in [-0.39, 0.29) is 12.2 Å². The molecule has 7 nitrogen and oxygen atoms in total. The molecule has 1 aliphatic rings. The van der Waals surface area contributed by atoms with E-state index in [0.29, 0.717) is 31.7 Å². The Labute approximate surface area is 189 Å². The van der Waals surface area contributed by atoms with E-state index in [2.05, 4.69) is 43.8 Å². The van der Waals surface area contributed by atoms with Crippen LogP contribution in [0.2, 0.25) is 0 Å². The molecule has 0 atom stereocenters. The Bertz CT molecular complexity index is 1060. The Hall–Kier alpha value is -2.91. The molecule has 0 aliphatic carbocycles. The first-order chi connectivity index (χ1) is 14.3. The summed E-state index contributed by atoms with van der Waals surface area (Å²) in [6, 6.07) is 8.98. The lowest BCUT2D eigenvalue weighted by atomic mass is 10.1. The molecule has 0 spiro atoms. The van der Waals surface area contributed by atoms with E-state index >= 15 is 0 Å². The lowest BCUT2D eigenvalue weighted by Crippen LogP contribution is -2.54. The lowest BCUT2D eigenvalue weighted by molar-refractivity contribution is -0.122. The number of hydrogen-bond donors (Lipinski definition) is 1. The van der Waals surface area contributed by atoms with E-state index in [1.807, 2.05) is 0 Å². The van der Waals surface area contributed by atoms with Crippen LogP contribution < -0.4 is 19.7 Å². The molecule has 0 bridgehead atoms. The van der Waals surface area contributed by atoms with Crippen LogP contribution in [0.1, 0.15) is 5.56 Å². The molecule has 0 saturated carbocycles. The van der Waals surface area contributed by atoms with Gasteiger partial charge in [-0.25, -0.2) is 9.69 Å². The summed E-state index contributed by atoms with van der Waals surface area (Å²) in [4.78, 5) is 38.8. The number of nitrogens with one attached hydrogen (secondary N) is 1. The average molecular weight is 536 g/mol. The maximum absolute atomic E-state index is 13.1. The molecule has 0 aromatic heterocycles. The van der Waals surface area contributed by atoms with Crippen LogP contribution in [0.15, 0.2) is 63.6 Å². The fourth-order valence-corrected chi connectivity index (χ4v) is 4.13. The van der Waals surface area contributed by atoms with Gasteiger partial charge in [0.05, 0.1) is 17.3 Å². The summed E-state index contributed by atoms with van der Waals surface area (Å²) in [6.07, 6.45) is 2.96. The third-order valence-electron chi connectivity index (χ3n) is 4.11. The van der Waals surface area contributed by atoms with Crippen LogP contribution in [0.4, 0.5) is 10.5 Å². The summed E-state index contributed by atoms with van der Waals surface area (Å²) in [5.41, 5.74) is 0.565. The third-order valence-corrected chi connectivity index (χ3v) is 5.16. The molecular formula is C21H16Br2N2O5. The molecule has 1 fully saturated rings. The SMILES string of the molecule is C=CCOc1c(Br)cc(Br)cc1/C=C1\C(=O)NC(=O)N(c2ccc(OC)cc2)C1=O. The van der Waals surface area contributed by atoms with Gasteiger partial charge in [-0.1, -0.05) is 28.6 Å². The number of imide groups is 2. The molecule has 3 rings (SSSR count). The minimum atomic E-state index is -0.828. The number of ether oxygens (including phenoxy) is 2. The zero-order chi connectivity index (χ0) is 21.8. The largest absolute Gasteiger partial charge is 0.497 e. The molecule has 1 heterocycles. The van der Waals surface area contributed by atoms with E-state index in [4.69, 9.17) is 9.47 Å². The number of rotatable bonds is 6. The summed E-state index contributed by atoms with van der Waals surface area (Å²) >= 11 is 6.80. The molecule has 0 radical (unpaired) electrons. The Balaban J connectivity index is 2.05. The van der Waals surface area contributed by atoms with Crippen molar-refractivity contribution < 1.29 is 23.9 Å². The molecule has 1 aliphatic heterocycles. The molecule has 1 N–H and O–H groups in total. The predicted molar refractivity (Wildman–Crippen MR) is 120 cm³/mol. The zero-order valence-electron chi connectivity index (χ0n) is 15.8. The molecule has 1 saturated heterocycles. The number of urea groups is 1. The number of benzene rings is 2. The Morgan fingerprint density at radius 1 is 1.13 bits per heavy atom. The van der Waals surface area contributed by atoms with Gasteiger partial charge in [-0.2, -0.15) is 0 Å². The van der Waals surface area contributed by atoms with Crippen LogP contribution in [-0.4, -0.2) is 31.6 Å². The summed E-state index contributed by atoms with van der Waals surface area (Å²) < 4.78 is 12.1. The van der Waals surface area contributed by atoms with Crippen molar-refractivity contribution in [1.82, 2.24) is 5.32 Å². The van der Waals surface area contributed by atoms with Crippen LogP contribution in [0, 0.1) is 0 Å². The number of anilines is 1. The Morgan fingerprint density at radius 3 is 2.47 bits per heavy atom. The van der Waals surface area contributed by atoms with E-state index in [1.165, 1.54) is 13.2 Å². The zero-order valence-corrected chi connectivity index (χ0v) is 18.9. The van der Waals surface area contributed by atoms with Gasteiger partial charge >= 0.3 is 6.03 Å². The average Bonchev–Trinajstić information content (AvgIpc) is 2.70. The van der Waals surface area contributed by atoms with Crippen molar-refractivity contribution in [2.24, 2.45) is 0 Å². The second-order valence-corrected chi connectivity index (χ2v) is 7.83. The topological polar surface area (TPSA) is 84.9 Å². The summed E-state index contributed by atoms with van der Waals surface area (Å²) in [5.74, 6) is -0.544. The Morgan fingerprint density at radius 2 is 1.83 bits per heavy atom. The van der Waals surface area contributed by atoms with E-state index in [1.54, 1.807) is 42.5 Å². The highest BCUT2D eigenvalue weighted by Gasteiger charge is 2.37. The van der Waals surface area contributed by atoms with Gasteiger partial charge < -0.3 is 9.47 Å². The highest BCUT2D eigenvalue weighted by Crippen LogP contribution is 2.35. The van der Waals surface area contributed by atoms with Crippen molar-refractivity contribution in [3.8, 4) is 11.5 Å². The van der Waals surface area contributed by atoms with E-state index in [9.17, 15) is 14.4 Å². The maximum atomic E-state index is 13.1. The van der Waals surface area contributed by atoms with Crippen molar-refractivity contribution in [3.05, 3.63) is 69.1 Å². The number of methoxy groups -OCH3 is 1. The van der Waals surface area contributed by atoms with E-state index in [0.717, 1.165) is 4.90 Å². The Kier molecular flexibility index (Phi) is 6.73. The summed E-state index contributed by atoms with van der Waals surface area (Å²) in [7, 11) is 1.51. The third kappa shape index (κ3) is 4.47. The first-order valence-corrected chi connectivity index (χ1v) is 10.2. The molecule has 154 valence electrons. The van der Waals surface area contributed by atoms with Crippen molar-refractivity contribution in [3.63, 3.8) is 0 Å². The molecular weight excluding hydrogens is 520 g/mol. The van der Waals surface area contributed by atoms with Crippen molar-refractivity contribution in [1.29, 1.82) is 0 Å². The minimum Gasteiger partial charge on any atom is -0.497 e. The number of carbonyl (C=O) groups is 3. The highest BCUT2D eigenvalue weighted by atomic mass is 79.9. The molecule has 9 heteroatoms. The smallest absolute Gasteiger partial charge is 0.335 e. The normalized spacial score (nSPS) is 15.2. The van der Waals surface area contributed by atoms with Gasteiger partial charge in [0.25, 0.3) is 11.8 Å². The van der Waals surface area contributed by atoms with Crippen LogP contribution >= 0.6 is 31.9 Å². The van der Waals surface area contributed by atoms with Crippen LogP contribution in [0.25, 0.3) is 6.08 Å². The van der Waals surface area contributed by atoms with Crippen LogP contribution in [0.5, 0.6) is 11.5 Å². The fraction of sp³-hybridized carbons (Fsp3) is 0.0952. The second-order valence-electron chi connectivity index (χ2n) is 6.06. The van der Waals surface area contributed by atoms with Gasteiger partial charge in [-0.05, 0) is 58.4 Å². The maximum Gasteiger partial charge on any atom is 0.335 e. The number of carbonyl (C=O) groups excluding carboxylic acids is 3. The van der Waals surface area contributed by atoms with Gasteiger partial charge in [0.2, 0.25) is 0 Å². The summed E-state index contributed by atoms with van der Waals surface area (Å²) in [6.45, 7) is 3.85. The van der Waals surface area contributed by atoms with Gasteiger partial charge in [-0.3, -0.25) is 14.9 Å². The molecule has 30 heavy (non-hydrogen) atoms. The molecule has 2 aromatic carbocycles. The van der Waals surface area contributed by atoms with Gasteiger partial charge in [0, 0.05) is 10.0 Å². The van der Waals surface area contributed by atoms with Crippen molar-refractivity contribution >= 4 is 61.5 Å². The van der Waals surface area contributed by atoms with Crippen LogP contribution in [0.3, 0.4) is 0 Å². The lowest BCUT2D eigenvalue weighted by Gasteiger charge is -2.26. The first-order valence-electron chi connectivity index (χ1n) is 8.64. The van der Waals surface area contributed by atoms with Gasteiger partial charge in [0.1, 0.15) is 23.7 Å². The number of barbiturate groups is 1. The van der Waals surface area contributed by atoms with Crippen molar-refractivity contribution in [2.45, 2.75) is 0 Å². The number of nitrogens with zero attached hydrogens (tertiary/aromatic N) is 1. The van der Waals surface area contributed by atoms with Crippen molar-refractivity contribution in [2.75, 3.05) is 18.6 Å². The van der Waals surface area contributed by atoms with Crippen LogP contribution in [-0.2, 0) is 9.59 Å². The molecule has 4 amide bonds. The number of hydrogen-bond acceptors (Lipinski definition) is 5.